The molecular formula is C23H29N4S+. The fourth-order valence-corrected chi connectivity index (χ4v) is 5.93. The van der Waals surface area contributed by atoms with E-state index in [-0.39, 0.29) is 0 Å². The van der Waals surface area contributed by atoms with Gasteiger partial charge in [-0.15, -0.1) is 11.3 Å². The predicted octanol–water partition coefficient (Wildman–Crippen LogP) is 2.89. The molecule has 3 aromatic rings. The van der Waals surface area contributed by atoms with Crippen LogP contribution in [0, 0.1) is 0 Å². The highest BCUT2D eigenvalue weighted by Crippen LogP contribution is 2.39. The monoisotopic (exact) mass is 393 g/mol. The first-order valence-electron chi connectivity index (χ1n) is 10.8. The lowest BCUT2D eigenvalue weighted by molar-refractivity contribution is -0.898. The number of hydrogen-bond acceptors (Lipinski definition) is 4. The summed E-state index contributed by atoms with van der Waals surface area (Å²) in [6.07, 6.45) is 5.85. The number of aryl methyl sites for hydroxylation is 2. The summed E-state index contributed by atoms with van der Waals surface area (Å²) in [7, 11) is 0. The lowest BCUT2D eigenvalue weighted by Crippen LogP contribution is -3.14. The molecule has 2 aliphatic rings. The number of fused-ring (bicyclic) bond motifs is 3. The van der Waals surface area contributed by atoms with Crippen LogP contribution in [-0.2, 0) is 19.3 Å². The molecule has 1 saturated heterocycles. The van der Waals surface area contributed by atoms with Gasteiger partial charge in [-0.2, -0.15) is 0 Å². The second-order valence-corrected chi connectivity index (χ2v) is 9.19. The molecule has 1 aliphatic heterocycles. The largest absolute Gasteiger partial charge is 0.345 e. The molecule has 1 aromatic carbocycles. The Labute approximate surface area is 171 Å². The van der Waals surface area contributed by atoms with Crippen molar-refractivity contribution in [2.75, 3.05) is 37.6 Å². The molecule has 1 aliphatic carbocycles. The number of piperazine rings is 1. The molecule has 0 unspecified atom stereocenters. The average Bonchev–Trinajstić information content (AvgIpc) is 3.12. The number of hydrogen-bond donors (Lipinski definition) is 1. The van der Waals surface area contributed by atoms with Crippen molar-refractivity contribution < 1.29 is 4.90 Å². The molecule has 2 aromatic heterocycles. The van der Waals surface area contributed by atoms with Crippen molar-refractivity contribution in [3.8, 4) is 0 Å². The third-order valence-corrected chi connectivity index (χ3v) is 7.50. The minimum Gasteiger partial charge on any atom is -0.345 e. The van der Waals surface area contributed by atoms with Crippen molar-refractivity contribution in [1.29, 1.82) is 0 Å². The molecule has 5 rings (SSSR count). The fraction of sp³-hybridized carbons (Fsp3) is 0.478. The summed E-state index contributed by atoms with van der Waals surface area (Å²) in [5.41, 5.74) is 2.84. The Morgan fingerprint density at radius 1 is 1.04 bits per heavy atom. The first kappa shape index (κ1) is 18.1. The summed E-state index contributed by atoms with van der Waals surface area (Å²) in [6.45, 7) is 8.14. The first-order chi connectivity index (χ1) is 13.8. The van der Waals surface area contributed by atoms with E-state index in [1.807, 2.05) is 11.3 Å². The van der Waals surface area contributed by atoms with E-state index in [1.54, 1.807) is 15.3 Å². The van der Waals surface area contributed by atoms with E-state index >= 15 is 0 Å². The minimum absolute atomic E-state index is 0.812. The molecule has 146 valence electrons. The van der Waals surface area contributed by atoms with Crippen LogP contribution in [-0.4, -0.2) is 42.7 Å². The molecule has 5 heteroatoms. The number of rotatable bonds is 4. The Hall–Kier alpha value is -1.98. The van der Waals surface area contributed by atoms with E-state index in [0.717, 1.165) is 25.3 Å². The zero-order valence-electron chi connectivity index (χ0n) is 16.7. The van der Waals surface area contributed by atoms with Gasteiger partial charge < -0.3 is 9.80 Å². The summed E-state index contributed by atoms with van der Waals surface area (Å²) in [5.74, 6) is 2.18. The standard InChI is InChI=1S/C23H28N4S/c1-2-26-12-14-27(15-13-26)22-21-18-10-6-7-11-19(18)28-23(21)25-20(24-22)16-17-8-4-3-5-9-17/h3-5,8-9H,2,6-7,10-16H2,1H3/p+1. The number of nitrogens with zero attached hydrogens (tertiary/aromatic N) is 3. The molecule has 3 heterocycles. The third kappa shape index (κ3) is 3.42. The van der Waals surface area contributed by atoms with Gasteiger partial charge in [0.15, 0.2) is 0 Å². The number of thiophene rings is 1. The molecular weight excluding hydrogens is 364 g/mol. The van der Waals surface area contributed by atoms with Gasteiger partial charge in [-0.3, -0.25) is 0 Å². The van der Waals surface area contributed by atoms with Crippen LogP contribution in [0.15, 0.2) is 30.3 Å². The molecule has 4 nitrogen and oxygen atoms in total. The Bertz CT molecular complexity index is 958. The van der Waals surface area contributed by atoms with Crippen molar-refractivity contribution in [3.63, 3.8) is 0 Å². The molecule has 0 bridgehead atoms. The topological polar surface area (TPSA) is 33.5 Å². The minimum atomic E-state index is 0.812. The summed E-state index contributed by atoms with van der Waals surface area (Å²) in [4.78, 5) is 17.2. The van der Waals surface area contributed by atoms with Gasteiger partial charge in [0, 0.05) is 11.3 Å². The van der Waals surface area contributed by atoms with E-state index in [2.05, 4.69) is 42.2 Å². The van der Waals surface area contributed by atoms with E-state index in [0.29, 0.717) is 0 Å². The number of quaternary nitrogens is 1. The Morgan fingerprint density at radius 2 is 1.82 bits per heavy atom. The lowest BCUT2D eigenvalue weighted by Gasteiger charge is -2.33. The second-order valence-electron chi connectivity index (χ2n) is 8.11. The number of nitrogens with one attached hydrogen (secondary N) is 1. The smallest absolute Gasteiger partial charge is 0.141 e. The number of likely N-dealkylation sites (N-methyl/N-ethyl adjacent to an activating group) is 1. The summed E-state index contributed by atoms with van der Waals surface area (Å²) < 4.78 is 0. The predicted molar refractivity (Wildman–Crippen MR) is 117 cm³/mol. The van der Waals surface area contributed by atoms with Gasteiger partial charge in [-0.1, -0.05) is 30.3 Å². The number of benzene rings is 1. The highest BCUT2D eigenvalue weighted by atomic mass is 32.1. The lowest BCUT2D eigenvalue weighted by atomic mass is 9.96. The maximum Gasteiger partial charge on any atom is 0.141 e. The van der Waals surface area contributed by atoms with Crippen LogP contribution >= 0.6 is 11.3 Å². The summed E-state index contributed by atoms with van der Waals surface area (Å²) in [5, 5.41) is 1.37. The van der Waals surface area contributed by atoms with E-state index in [4.69, 9.17) is 9.97 Å². The van der Waals surface area contributed by atoms with Crippen LogP contribution in [0.2, 0.25) is 0 Å². The summed E-state index contributed by atoms with van der Waals surface area (Å²) in [6, 6.07) is 10.6. The highest BCUT2D eigenvalue weighted by molar-refractivity contribution is 7.19. The average molecular weight is 394 g/mol. The summed E-state index contributed by atoms with van der Waals surface area (Å²) >= 11 is 1.92. The molecule has 0 spiro atoms. The Kier molecular flexibility index (Phi) is 5.03. The van der Waals surface area contributed by atoms with Gasteiger partial charge in [0.1, 0.15) is 16.5 Å². The molecule has 1 fully saturated rings. The molecule has 0 radical (unpaired) electrons. The van der Waals surface area contributed by atoms with Crippen LogP contribution in [0.1, 0.15) is 41.6 Å². The highest BCUT2D eigenvalue weighted by Gasteiger charge is 2.26. The van der Waals surface area contributed by atoms with Gasteiger partial charge in [-0.25, -0.2) is 9.97 Å². The van der Waals surface area contributed by atoms with E-state index in [9.17, 15) is 0 Å². The molecule has 0 amide bonds. The Balaban J connectivity index is 1.57. The van der Waals surface area contributed by atoms with Gasteiger partial charge in [0.2, 0.25) is 0 Å². The molecule has 0 saturated carbocycles. The van der Waals surface area contributed by atoms with Crippen LogP contribution in [0.3, 0.4) is 0 Å². The van der Waals surface area contributed by atoms with E-state index in [1.165, 1.54) is 66.9 Å². The maximum atomic E-state index is 5.16. The van der Waals surface area contributed by atoms with Crippen molar-refractivity contribution in [1.82, 2.24) is 9.97 Å². The zero-order valence-corrected chi connectivity index (χ0v) is 17.5. The van der Waals surface area contributed by atoms with Crippen molar-refractivity contribution in [3.05, 3.63) is 52.2 Å². The third-order valence-electron chi connectivity index (χ3n) is 6.32. The zero-order chi connectivity index (χ0) is 18.9. The molecule has 1 N–H and O–H groups in total. The Morgan fingerprint density at radius 3 is 2.61 bits per heavy atom. The number of anilines is 1. The maximum absolute atomic E-state index is 5.16. The molecule has 28 heavy (non-hydrogen) atoms. The van der Waals surface area contributed by atoms with Crippen molar-refractivity contribution in [2.45, 2.75) is 39.0 Å². The van der Waals surface area contributed by atoms with Gasteiger partial charge in [0.25, 0.3) is 0 Å². The van der Waals surface area contributed by atoms with Gasteiger partial charge in [-0.05, 0) is 43.7 Å². The van der Waals surface area contributed by atoms with Crippen LogP contribution in [0.4, 0.5) is 5.82 Å². The van der Waals surface area contributed by atoms with Gasteiger partial charge in [0.05, 0.1) is 38.1 Å². The van der Waals surface area contributed by atoms with Crippen LogP contribution in [0.25, 0.3) is 10.2 Å². The number of aromatic nitrogens is 2. The van der Waals surface area contributed by atoms with Crippen molar-refractivity contribution in [2.24, 2.45) is 0 Å². The SMILES string of the molecule is CC[NH+]1CCN(c2nc(Cc3ccccc3)nc3sc4c(c23)CCCC4)CC1. The van der Waals surface area contributed by atoms with Crippen molar-refractivity contribution >= 4 is 27.4 Å². The molecule has 0 atom stereocenters. The second kappa shape index (κ2) is 7.80. The van der Waals surface area contributed by atoms with Gasteiger partial charge >= 0.3 is 0 Å². The first-order valence-corrected chi connectivity index (χ1v) is 11.6. The van der Waals surface area contributed by atoms with E-state index < -0.39 is 0 Å². The van der Waals surface area contributed by atoms with Crippen LogP contribution < -0.4 is 9.80 Å². The quantitative estimate of drug-likeness (QED) is 0.740. The fourth-order valence-electron chi connectivity index (χ4n) is 4.66. The normalized spacial score (nSPS) is 17.8. The van der Waals surface area contributed by atoms with Crippen LogP contribution in [0.5, 0.6) is 0 Å².